The van der Waals surface area contributed by atoms with E-state index in [0.717, 1.165) is 37.3 Å². The van der Waals surface area contributed by atoms with Crippen molar-refractivity contribution in [3.05, 3.63) is 0 Å². The molecular formula is C19H36N4O3S. The lowest BCUT2D eigenvalue weighted by atomic mass is 9.81. The molecule has 0 aromatic heterocycles. The summed E-state index contributed by atoms with van der Waals surface area (Å²) < 4.78 is 22.9. The standard InChI is InChI=1S/C19H36N4O3S/c1-3-20-19(21-10-7-16-6-4-5-15(2)13-16)22-11-8-18(24)23-17-9-12-27(25,26)14-17/h15-17H,3-14H2,1-2H3,(H,23,24)(H2,20,21,22). The second-order valence-corrected chi connectivity index (χ2v) is 10.3. The van der Waals surface area contributed by atoms with E-state index < -0.39 is 9.84 Å². The Bertz CT molecular complexity index is 606. The molecule has 2 aliphatic rings. The molecule has 8 heteroatoms. The van der Waals surface area contributed by atoms with E-state index in [-0.39, 0.29) is 23.5 Å². The van der Waals surface area contributed by atoms with Crippen LogP contribution in [0.2, 0.25) is 0 Å². The van der Waals surface area contributed by atoms with Crippen LogP contribution < -0.4 is 16.0 Å². The number of hydrogen-bond acceptors (Lipinski definition) is 4. The Morgan fingerprint density at radius 1 is 1.19 bits per heavy atom. The van der Waals surface area contributed by atoms with Gasteiger partial charge in [0, 0.05) is 32.1 Å². The molecule has 1 aliphatic heterocycles. The van der Waals surface area contributed by atoms with Crippen LogP contribution in [0.4, 0.5) is 0 Å². The molecule has 3 atom stereocenters. The minimum Gasteiger partial charge on any atom is -0.357 e. The van der Waals surface area contributed by atoms with Crippen molar-refractivity contribution in [3.63, 3.8) is 0 Å². The third kappa shape index (κ3) is 8.49. The lowest BCUT2D eigenvalue weighted by Gasteiger charge is -2.26. The molecule has 27 heavy (non-hydrogen) atoms. The maximum atomic E-state index is 12.0. The monoisotopic (exact) mass is 400 g/mol. The Morgan fingerprint density at radius 3 is 2.67 bits per heavy atom. The third-order valence-electron chi connectivity index (χ3n) is 5.44. The molecule has 0 radical (unpaired) electrons. The van der Waals surface area contributed by atoms with Gasteiger partial charge in [0.2, 0.25) is 5.91 Å². The zero-order chi connectivity index (χ0) is 19.7. The van der Waals surface area contributed by atoms with Gasteiger partial charge in [0.05, 0.1) is 11.5 Å². The Hall–Kier alpha value is -1.31. The summed E-state index contributed by atoms with van der Waals surface area (Å²) in [6.45, 7) is 6.43. The van der Waals surface area contributed by atoms with Gasteiger partial charge in [0.15, 0.2) is 15.8 Å². The average Bonchev–Trinajstić information content (AvgIpc) is 2.93. The second kappa shape index (κ2) is 10.9. The van der Waals surface area contributed by atoms with Crippen LogP contribution in [0.25, 0.3) is 0 Å². The molecule has 2 rings (SSSR count). The van der Waals surface area contributed by atoms with Crippen LogP contribution in [0.5, 0.6) is 0 Å². The molecule has 0 aromatic rings. The molecule has 1 aliphatic carbocycles. The van der Waals surface area contributed by atoms with Gasteiger partial charge in [-0.1, -0.05) is 26.2 Å². The fourth-order valence-electron chi connectivity index (χ4n) is 4.03. The zero-order valence-corrected chi connectivity index (χ0v) is 17.6. The predicted octanol–water partition coefficient (Wildman–Crippen LogP) is 1.45. The molecule has 1 saturated heterocycles. The van der Waals surface area contributed by atoms with Crippen molar-refractivity contribution in [2.75, 3.05) is 31.1 Å². The number of guanidine groups is 1. The lowest BCUT2D eigenvalue weighted by molar-refractivity contribution is -0.121. The second-order valence-electron chi connectivity index (χ2n) is 8.03. The smallest absolute Gasteiger partial charge is 0.222 e. The van der Waals surface area contributed by atoms with Gasteiger partial charge in [-0.15, -0.1) is 0 Å². The first-order chi connectivity index (χ1) is 12.9. The highest BCUT2D eigenvalue weighted by Gasteiger charge is 2.28. The number of aliphatic imine (C=N–C) groups is 1. The first-order valence-electron chi connectivity index (χ1n) is 10.4. The number of carbonyl (C=O) groups is 1. The van der Waals surface area contributed by atoms with Gasteiger partial charge < -0.3 is 16.0 Å². The van der Waals surface area contributed by atoms with E-state index in [1.165, 1.54) is 25.7 Å². The van der Waals surface area contributed by atoms with Crippen LogP contribution in [0.15, 0.2) is 4.99 Å². The van der Waals surface area contributed by atoms with E-state index in [1.807, 2.05) is 6.92 Å². The molecule has 1 saturated carbocycles. The van der Waals surface area contributed by atoms with Gasteiger partial charge in [-0.25, -0.2) is 8.42 Å². The molecule has 0 aromatic carbocycles. The fraction of sp³-hybridized carbons (Fsp3) is 0.895. The van der Waals surface area contributed by atoms with Crippen molar-refractivity contribution in [1.29, 1.82) is 0 Å². The van der Waals surface area contributed by atoms with E-state index in [0.29, 0.717) is 19.4 Å². The summed E-state index contributed by atoms with van der Waals surface area (Å²) in [6.07, 6.45) is 7.28. The highest BCUT2D eigenvalue weighted by atomic mass is 32.2. The fourth-order valence-corrected chi connectivity index (χ4v) is 5.70. The quantitative estimate of drug-likeness (QED) is 0.423. The van der Waals surface area contributed by atoms with Crippen molar-refractivity contribution >= 4 is 21.7 Å². The summed E-state index contributed by atoms with van der Waals surface area (Å²) in [5.41, 5.74) is 0. The van der Waals surface area contributed by atoms with Crippen LogP contribution in [-0.4, -0.2) is 57.5 Å². The molecule has 1 heterocycles. The Labute approximate surface area is 164 Å². The van der Waals surface area contributed by atoms with Crippen LogP contribution >= 0.6 is 0 Å². The SMILES string of the molecule is CCNC(=NCCC1CCCC(C)C1)NCCC(=O)NC1CCS(=O)(=O)C1. The number of nitrogens with zero attached hydrogens (tertiary/aromatic N) is 1. The van der Waals surface area contributed by atoms with Crippen LogP contribution in [0, 0.1) is 11.8 Å². The first kappa shape index (κ1) is 22.0. The normalized spacial score (nSPS) is 27.9. The molecule has 7 nitrogen and oxygen atoms in total. The van der Waals surface area contributed by atoms with Gasteiger partial charge in [-0.2, -0.15) is 0 Å². The molecule has 156 valence electrons. The maximum Gasteiger partial charge on any atom is 0.222 e. The van der Waals surface area contributed by atoms with E-state index in [9.17, 15) is 13.2 Å². The Balaban J connectivity index is 1.66. The van der Waals surface area contributed by atoms with Gasteiger partial charge in [-0.05, 0) is 38.0 Å². The van der Waals surface area contributed by atoms with Crippen molar-refractivity contribution in [3.8, 4) is 0 Å². The highest BCUT2D eigenvalue weighted by Crippen LogP contribution is 2.30. The summed E-state index contributed by atoms with van der Waals surface area (Å²) in [5.74, 6) is 2.50. The zero-order valence-electron chi connectivity index (χ0n) is 16.8. The maximum absolute atomic E-state index is 12.0. The first-order valence-corrected chi connectivity index (χ1v) is 12.2. The van der Waals surface area contributed by atoms with Crippen LogP contribution in [0.1, 0.15) is 58.8 Å². The number of sulfone groups is 1. The molecule has 0 bridgehead atoms. The topological polar surface area (TPSA) is 99.7 Å². The van der Waals surface area contributed by atoms with Crippen molar-refractivity contribution in [2.24, 2.45) is 16.8 Å². The van der Waals surface area contributed by atoms with E-state index in [1.54, 1.807) is 0 Å². The van der Waals surface area contributed by atoms with Crippen molar-refractivity contribution in [1.82, 2.24) is 16.0 Å². The minimum absolute atomic E-state index is 0.0655. The van der Waals surface area contributed by atoms with E-state index in [4.69, 9.17) is 0 Å². The van der Waals surface area contributed by atoms with Crippen molar-refractivity contribution < 1.29 is 13.2 Å². The molecule has 2 fully saturated rings. The van der Waals surface area contributed by atoms with E-state index in [2.05, 4.69) is 27.9 Å². The van der Waals surface area contributed by atoms with Crippen molar-refractivity contribution in [2.45, 2.75) is 64.8 Å². The number of hydrogen-bond donors (Lipinski definition) is 3. The molecular weight excluding hydrogens is 364 g/mol. The lowest BCUT2D eigenvalue weighted by Crippen LogP contribution is -2.41. The predicted molar refractivity (Wildman–Crippen MR) is 110 cm³/mol. The summed E-state index contributed by atoms with van der Waals surface area (Å²) in [6, 6.07) is -0.234. The molecule has 3 unspecified atom stereocenters. The summed E-state index contributed by atoms with van der Waals surface area (Å²) >= 11 is 0. The Kier molecular flexibility index (Phi) is 8.86. The average molecular weight is 401 g/mol. The van der Waals surface area contributed by atoms with Gasteiger partial charge in [-0.3, -0.25) is 9.79 Å². The molecule has 0 spiro atoms. The van der Waals surface area contributed by atoms with Gasteiger partial charge >= 0.3 is 0 Å². The summed E-state index contributed by atoms with van der Waals surface area (Å²) in [7, 11) is -2.97. The molecule has 3 N–H and O–H groups in total. The number of nitrogens with one attached hydrogen (secondary N) is 3. The third-order valence-corrected chi connectivity index (χ3v) is 7.21. The van der Waals surface area contributed by atoms with Gasteiger partial charge in [0.25, 0.3) is 0 Å². The molecule has 1 amide bonds. The van der Waals surface area contributed by atoms with Gasteiger partial charge in [0.1, 0.15) is 0 Å². The van der Waals surface area contributed by atoms with E-state index >= 15 is 0 Å². The summed E-state index contributed by atoms with van der Waals surface area (Å²) in [4.78, 5) is 16.6. The summed E-state index contributed by atoms with van der Waals surface area (Å²) in [5, 5.41) is 9.23. The van der Waals surface area contributed by atoms with Crippen LogP contribution in [0.3, 0.4) is 0 Å². The highest BCUT2D eigenvalue weighted by molar-refractivity contribution is 7.91. The number of rotatable bonds is 8. The largest absolute Gasteiger partial charge is 0.357 e. The Morgan fingerprint density at radius 2 is 2.00 bits per heavy atom. The minimum atomic E-state index is -2.97. The van der Waals surface area contributed by atoms with Crippen LogP contribution in [-0.2, 0) is 14.6 Å². The number of carbonyl (C=O) groups excluding carboxylic acids is 1. The number of amides is 1.